The van der Waals surface area contributed by atoms with Crippen LogP contribution in [0.4, 0.5) is 8.78 Å². The molecule has 0 atom stereocenters. The Labute approximate surface area is 178 Å². The van der Waals surface area contributed by atoms with Crippen LogP contribution in [0.1, 0.15) is 35.4 Å². The van der Waals surface area contributed by atoms with Crippen LogP contribution < -0.4 is 5.32 Å². The van der Waals surface area contributed by atoms with Gasteiger partial charge >= 0.3 is 0 Å². The van der Waals surface area contributed by atoms with E-state index in [2.05, 4.69) is 15.3 Å². The molecule has 0 bridgehead atoms. The first-order valence-corrected chi connectivity index (χ1v) is 11.4. The molecular weight excluding hydrogens is 426 g/mol. The summed E-state index contributed by atoms with van der Waals surface area (Å²) in [5.74, 6) is -0.577. The lowest BCUT2D eigenvalue weighted by molar-refractivity contribution is 0.0941. The predicted octanol–water partition coefficient (Wildman–Crippen LogP) is 3.33. The Morgan fingerprint density at radius 3 is 2.55 bits per heavy atom. The number of alkyl halides is 2. The van der Waals surface area contributed by atoms with E-state index in [1.165, 1.54) is 16.4 Å². The van der Waals surface area contributed by atoms with Gasteiger partial charge in [0, 0.05) is 25.2 Å². The minimum atomic E-state index is -3.50. The topological polar surface area (TPSA) is 95.2 Å². The van der Waals surface area contributed by atoms with Crippen molar-refractivity contribution in [2.75, 3.05) is 19.6 Å². The van der Waals surface area contributed by atoms with Crippen LogP contribution >= 0.6 is 0 Å². The Bertz CT molecular complexity index is 1170. The van der Waals surface area contributed by atoms with Crippen molar-refractivity contribution in [3.63, 3.8) is 0 Å². The number of H-pyrrole nitrogens is 1. The number of benzene rings is 2. The highest BCUT2D eigenvalue weighted by atomic mass is 32.2. The Balaban J connectivity index is 1.32. The second-order valence-corrected chi connectivity index (χ2v) is 9.46. The van der Waals surface area contributed by atoms with Gasteiger partial charge < -0.3 is 10.3 Å². The van der Waals surface area contributed by atoms with Crippen molar-refractivity contribution in [3.05, 3.63) is 59.9 Å². The molecule has 0 aliphatic carbocycles. The molecule has 3 aromatic rings. The van der Waals surface area contributed by atoms with Crippen molar-refractivity contribution >= 4 is 27.0 Å². The van der Waals surface area contributed by atoms with Gasteiger partial charge in [0.05, 0.1) is 15.9 Å². The van der Waals surface area contributed by atoms with Gasteiger partial charge in [0.25, 0.3) is 12.3 Å². The zero-order valence-electron chi connectivity index (χ0n) is 16.6. The van der Waals surface area contributed by atoms with Gasteiger partial charge in [-0.2, -0.15) is 4.31 Å². The third-order valence-electron chi connectivity index (χ3n) is 5.47. The monoisotopic (exact) mass is 448 g/mol. The molecule has 1 amide bonds. The van der Waals surface area contributed by atoms with Gasteiger partial charge in [0.2, 0.25) is 10.0 Å². The zero-order valence-corrected chi connectivity index (χ0v) is 17.4. The molecule has 2 N–H and O–H groups in total. The van der Waals surface area contributed by atoms with Crippen molar-refractivity contribution in [2.45, 2.75) is 24.2 Å². The molecule has 1 aromatic heterocycles. The highest BCUT2D eigenvalue weighted by Gasteiger charge is 2.29. The van der Waals surface area contributed by atoms with E-state index in [9.17, 15) is 22.0 Å². The van der Waals surface area contributed by atoms with Crippen molar-refractivity contribution in [3.8, 4) is 0 Å². The SMILES string of the molecule is O=C(NCC1CCN(S(=O)(=O)c2ccccc2)CC1)c1ccc2nc(C(F)F)[nH]c2c1. The number of nitrogens with one attached hydrogen (secondary N) is 2. The summed E-state index contributed by atoms with van der Waals surface area (Å²) in [4.78, 5) is 19.1. The maximum Gasteiger partial charge on any atom is 0.295 e. The number of nitrogens with zero attached hydrogens (tertiary/aromatic N) is 2. The van der Waals surface area contributed by atoms with Gasteiger partial charge in [-0.15, -0.1) is 0 Å². The van der Waals surface area contributed by atoms with Crippen LogP contribution in [-0.4, -0.2) is 48.2 Å². The van der Waals surface area contributed by atoms with Gasteiger partial charge in [-0.05, 0) is 49.1 Å². The number of amides is 1. The third kappa shape index (κ3) is 4.59. The number of imidazole rings is 1. The van der Waals surface area contributed by atoms with E-state index < -0.39 is 22.3 Å². The molecule has 164 valence electrons. The average Bonchev–Trinajstić information content (AvgIpc) is 3.22. The lowest BCUT2D eigenvalue weighted by atomic mass is 9.98. The number of fused-ring (bicyclic) bond motifs is 1. The van der Waals surface area contributed by atoms with Crippen LogP contribution in [0.25, 0.3) is 11.0 Å². The van der Waals surface area contributed by atoms with Gasteiger partial charge in [-0.1, -0.05) is 18.2 Å². The molecule has 0 spiro atoms. The Hall–Kier alpha value is -2.85. The predicted molar refractivity (Wildman–Crippen MR) is 111 cm³/mol. The van der Waals surface area contributed by atoms with E-state index in [-0.39, 0.29) is 16.7 Å². The lowest BCUT2D eigenvalue weighted by Crippen LogP contribution is -2.41. The Morgan fingerprint density at radius 2 is 1.87 bits per heavy atom. The minimum Gasteiger partial charge on any atom is -0.352 e. The summed E-state index contributed by atoms with van der Waals surface area (Å²) in [6.45, 7) is 1.21. The summed E-state index contributed by atoms with van der Waals surface area (Å²) in [5.41, 5.74) is 1.10. The summed E-state index contributed by atoms with van der Waals surface area (Å²) in [7, 11) is -3.50. The highest BCUT2D eigenvalue weighted by Crippen LogP contribution is 2.24. The minimum absolute atomic E-state index is 0.160. The molecule has 1 fully saturated rings. The molecule has 1 aliphatic rings. The smallest absolute Gasteiger partial charge is 0.295 e. The van der Waals surface area contributed by atoms with Crippen molar-refractivity contribution < 1.29 is 22.0 Å². The van der Waals surface area contributed by atoms with Crippen LogP contribution in [0.2, 0.25) is 0 Å². The molecule has 4 rings (SSSR count). The van der Waals surface area contributed by atoms with E-state index in [1.54, 1.807) is 36.4 Å². The fourth-order valence-corrected chi connectivity index (χ4v) is 5.20. The number of piperidine rings is 1. The van der Waals surface area contributed by atoms with Crippen LogP contribution in [-0.2, 0) is 10.0 Å². The van der Waals surface area contributed by atoms with Crippen LogP contribution in [0, 0.1) is 5.92 Å². The molecule has 31 heavy (non-hydrogen) atoms. The van der Waals surface area contributed by atoms with Gasteiger partial charge in [-0.3, -0.25) is 4.79 Å². The zero-order chi connectivity index (χ0) is 22.0. The lowest BCUT2D eigenvalue weighted by Gasteiger charge is -2.31. The number of halogens is 2. The third-order valence-corrected chi connectivity index (χ3v) is 7.39. The van der Waals surface area contributed by atoms with Gasteiger partial charge in [0.1, 0.15) is 0 Å². The Morgan fingerprint density at radius 1 is 1.16 bits per heavy atom. The number of carbonyl (C=O) groups excluding carboxylic acids is 1. The first-order chi connectivity index (χ1) is 14.8. The number of aromatic nitrogens is 2. The van der Waals surface area contributed by atoms with E-state index >= 15 is 0 Å². The van der Waals surface area contributed by atoms with E-state index in [0.717, 1.165) is 0 Å². The molecule has 0 radical (unpaired) electrons. The number of sulfonamides is 1. The number of rotatable bonds is 6. The van der Waals surface area contributed by atoms with E-state index in [4.69, 9.17) is 0 Å². The molecule has 2 heterocycles. The van der Waals surface area contributed by atoms with Gasteiger partial charge in [-0.25, -0.2) is 22.2 Å². The van der Waals surface area contributed by atoms with Crippen LogP contribution in [0.5, 0.6) is 0 Å². The van der Waals surface area contributed by atoms with Crippen molar-refractivity contribution in [1.82, 2.24) is 19.6 Å². The number of aromatic amines is 1. The van der Waals surface area contributed by atoms with E-state index in [1.807, 2.05) is 0 Å². The highest BCUT2D eigenvalue weighted by molar-refractivity contribution is 7.89. The summed E-state index contributed by atoms with van der Waals surface area (Å²) in [6, 6.07) is 12.9. The fraction of sp³-hybridized carbons (Fsp3) is 0.333. The van der Waals surface area contributed by atoms with Crippen LogP contribution in [0.15, 0.2) is 53.4 Å². The Kier molecular flexibility index (Phi) is 6.01. The molecule has 7 nitrogen and oxygen atoms in total. The quantitative estimate of drug-likeness (QED) is 0.605. The number of hydrogen-bond donors (Lipinski definition) is 2. The second-order valence-electron chi connectivity index (χ2n) is 7.53. The van der Waals surface area contributed by atoms with Gasteiger partial charge in [0.15, 0.2) is 5.82 Å². The molecule has 2 aromatic carbocycles. The maximum absolute atomic E-state index is 12.8. The second kappa shape index (κ2) is 8.72. The summed E-state index contributed by atoms with van der Waals surface area (Å²) in [6.07, 6.45) is -1.42. The first kappa shape index (κ1) is 21.4. The number of carbonyl (C=O) groups is 1. The molecule has 1 saturated heterocycles. The summed E-state index contributed by atoms with van der Waals surface area (Å²) >= 11 is 0. The molecule has 0 unspecified atom stereocenters. The van der Waals surface area contributed by atoms with E-state index in [0.29, 0.717) is 49.1 Å². The fourth-order valence-electron chi connectivity index (χ4n) is 3.71. The summed E-state index contributed by atoms with van der Waals surface area (Å²) < 4.78 is 52.4. The van der Waals surface area contributed by atoms with Crippen molar-refractivity contribution in [1.29, 1.82) is 0 Å². The molecule has 0 saturated carbocycles. The maximum atomic E-state index is 12.8. The normalized spacial score (nSPS) is 16.1. The molecule has 10 heteroatoms. The molecule has 1 aliphatic heterocycles. The largest absolute Gasteiger partial charge is 0.352 e. The summed E-state index contributed by atoms with van der Waals surface area (Å²) in [5, 5.41) is 2.86. The first-order valence-electron chi connectivity index (χ1n) is 9.96. The van der Waals surface area contributed by atoms with Crippen molar-refractivity contribution in [2.24, 2.45) is 5.92 Å². The average molecular weight is 448 g/mol. The molecular formula is C21H22F2N4O3S. The number of hydrogen-bond acceptors (Lipinski definition) is 4. The standard InChI is InChI=1S/C21H22F2N4O3S/c22-19(23)20-25-17-7-6-15(12-18(17)26-20)21(28)24-13-14-8-10-27(11-9-14)31(29,30)16-4-2-1-3-5-16/h1-7,12,14,19H,8-11,13H2,(H,24,28)(H,25,26). The van der Waals surface area contributed by atoms with Crippen LogP contribution in [0.3, 0.4) is 0 Å².